The van der Waals surface area contributed by atoms with Gasteiger partial charge in [-0.05, 0) is 24.0 Å². The Kier molecular flexibility index (Phi) is 6.72. The number of benzene rings is 1. The van der Waals surface area contributed by atoms with Crippen molar-refractivity contribution in [3.05, 3.63) is 34.3 Å². The van der Waals surface area contributed by atoms with Gasteiger partial charge in [-0.1, -0.05) is 29.4 Å². The van der Waals surface area contributed by atoms with E-state index in [0.29, 0.717) is 28.3 Å². The summed E-state index contributed by atoms with van der Waals surface area (Å²) in [5.41, 5.74) is 1.03. The minimum atomic E-state index is -0.584. The summed E-state index contributed by atoms with van der Waals surface area (Å²) in [6.07, 6.45) is 1.83. The van der Waals surface area contributed by atoms with E-state index in [0.717, 1.165) is 5.56 Å². The van der Waals surface area contributed by atoms with Gasteiger partial charge in [0.2, 0.25) is 5.88 Å². The monoisotopic (exact) mass is 383 g/mol. The van der Waals surface area contributed by atoms with Crippen LogP contribution in [0.1, 0.15) is 15.9 Å². The molecule has 0 bridgehead atoms. The number of esters is 1. The Bertz CT molecular complexity index is 773. The average Bonchev–Trinajstić information content (AvgIpc) is 2.64. The third-order valence-electron chi connectivity index (χ3n) is 3.30. The summed E-state index contributed by atoms with van der Waals surface area (Å²) < 4.78 is 15.2. The third kappa shape index (κ3) is 4.46. The van der Waals surface area contributed by atoms with Crippen molar-refractivity contribution in [2.45, 2.75) is 11.7 Å². The molecule has 0 radical (unpaired) electrons. The highest BCUT2D eigenvalue weighted by Gasteiger charge is 2.22. The van der Waals surface area contributed by atoms with Crippen LogP contribution in [0.15, 0.2) is 23.4 Å². The average molecular weight is 384 g/mol. The lowest BCUT2D eigenvalue weighted by atomic mass is 10.2. The number of methoxy groups -OCH3 is 3. The summed E-state index contributed by atoms with van der Waals surface area (Å²) in [5, 5.41) is 4.09. The second-order valence-corrected chi connectivity index (χ2v) is 5.94. The van der Waals surface area contributed by atoms with E-state index in [2.05, 4.69) is 15.3 Å². The van der Waals surface area contributed by atoms with Gasteiger partial charge in [-0.25, -0.2) is 9.78 Å². The van der Waals surface area contributed by atoms with Gasteiger partial charge in [-0.3, -0.25) is 0 Å². The SMILES string of the molecule is COC(=O)c1c(NCc2ccc(OC)c(Cl)c2)nc(SC)nc1OC. The zero-order valence-electron chi connectivity index (χ0n) is 14.3. The standard InChI is InChI=1S/C16H18ClN3O4S/c1-22-11-6-5-9(7-10(11)17)8-18-13-12(15(21)24-3)14(23-2)20-16(19-13)25-4/h5-7H,8H2,1-4H3,(H,18,19,20). The fourth-order valence-electron chi connectivity index (χ4n) is 2.08. The number of ether oxygens (including phenoxy) is 3. The number of carbonyl (C=O) groups is 1. The number of nitrogens with one attached hydrogen (secondary N) is 1. The summed E-state index contributed by atoms with van der Waals surface area (Å²) >= 11 is 7.47. The maximum Gasteiger partial charge on any atom is 0.347 e. The van der Waals surface area contributed by atoms with Gasteiger partial charge in [-0.15, -0.1) is 0 Å². The van der Waals surface area contributed by atoms with E-state index in [4.69, 9.17) is 25.8 Å². The number of thioether (sulfide) groups is 1. The van der Waals surface area contributed by atoms with Crippen LogP contribution in [0.3, 0.4) is 0 Å². The van der Waals surface area contributed by atoms with Crippen molar-refractivity contribution in [2.24, 2.45) is 0 Å². The number of carbonyl (C=O) groups excluding carboxylic acids is 1. The summed E-state index contributed by atoms with van der Waals surface area (Å²) in [5.74, 6) is 0.491. The van der Waals surface area contributed by atoms with Crippen molar-refractivity contribution in [3.8, 4) is 11.6 Å². The molecule has 0 aliphatic rings. The highest BCUT2D eigenvalue weighted by Crippen LogP contribution is 2.28. The van der Waals surface area contributed by atoms with Crippen LogP contribution >= 0.6 is 23.4 Å². The van der Waals surface area contributed by atoms with Crippen LogP contribution in [-0.4, -0.2) is 43.5 Å². The molecule has 25 heavy (non-hydrogen) atoms. The Labute approximate surface area is 155 Å². The first-order valence-corrected chi connectivity index (χ1v) is 8.78. The first kappa shape index (κ1) is 19.1. The highest BCUT2D eigenvalue weighted by molar-refractivity contribution is 7.98. The van der Waals surface area contributed by atoms with Crippen LogP contribution in [0.4, 0.5) is 5.82 Å². The smallest absolute Gasteiger partial charge is 0.347 e. The molecule has 0 saturated carbocycles. The summed E-state index contributed by atoms with van der Waals surface area (Å²) in [6, 6.07) is 5.41. The lowest BCUT2D eigenvalue weighted by molar-refractivity contribution is 0.0596. The van der Waals surface area contributed by atoms with E-state index < -0.39 is 5.97 Å². The van der Waals surface area contributed by atoms with Crippen molar-refractivity contribution in [3.63, 3.8) is 0 Å². The normalized spacial score (nSPS) is 10.3. The van der Waals surface area contributed by atoms with Crippen LogP contribution in [0.25, 0.3) is 0 Å². The van der Waals surface area contributed by atoms with Crippen molar-refractivity contribution in [1.82, 2.24) is 9.97 Å². The first-order valence-electron chi connectivity index (χ1n) is 7.18. The van der Waals surface area contributed by atoms with Gasteiger partial charge in [0.15, 0.2) is 10.7 Å². The molecule has 0 fully saturated rings. The van der Waals surface area contributed by atoms with Crippen LogP contribution in [0, 0.1) is 0 Å². The zero-order valence-corrected chi connectivity index (χ0v) is 15.8. The molecule has 2 rings (SSSR count). The maximum absolute atomic E-state index is 12.1. The molecule has 134 valence electrons. The number of rotatable bonds is 7. The third-order valence-corrected chi connectivity index (χ3v) is 4.14. The van der Waals surface area contributed by atoms with E-state index >= 15 is 0 Å². The lowest BCUT2D eigenvalue weighted by Crippen LogP contribution is -2.14. The molecule has 0 aliphatic heterocycles. The van der Waals surface area contributed by atoms with Gasteiger partial charge in [0.1, 0.15) is 11.6 Å². The van der Waals surface area contributed by atoms with Crippen LogP contribution < -0.4 is 14.8 Å². The summed E-state index contributed by atoms with van der Waals surface area (Å²) in [4.78, 5) is 20.6. The molecule has 0 amide bonds. The van der Waals surface area contributed by atoms with Gasteiger partial charge in [0, 0.05) is 6.54 Å². The van der Waals surface area contributed by atoms with Crippen molar-refractivity contribution < 1.29 is 19.0 Å². The number of hydrogen-bond acceptors (Lipinski definition) is 8. The number of nitrogens with zero attached hydrogens (tertiary/aromatic N) is 2. The van der Waals surface area contributed by atoms with Crippen molar-refractivity contribution in [1.29, 1.82) is 0 Å². The molecule has 0 unspecified atom stereocenters. The van der Waals surface area contributed by atoms with Crippen molar-refractivity contribution in [2.75, 3.05) is 32.9 Å². The predicted octanol–water partition coefficient (Wildman–Crippen LogP) is 3.27. The number of aromatic nitrogens is 2. The topological polar surface area (TPSA) is 82.6 Å². The second kappa shape index (κ2) is 8.77. The van der Waals surface area contributed by atoms with Crippen LogP contribution in [0.2, 0.25) is 5.02 Å². The molecule has 0 aliphatic carbocycles. The molecule has 1 N–H and O–H groups in total. The molecule has 0 atom stereocenters. The molecule has 9 heteroatoms. The van der Waals surface area contributed by atoms with Crippen molar-refractivity contribution >= 4 is 35.1 Å². The zero-order chi connectivity index (χ0) is 18.4. The fraction of sp³-hybridized carbons (Fsp3) is 0.312. The summed E-state index contributed by atoms with van der Waals surface area (Å²) in [6.45, 7) is 0.391. The molecular formula is C16H18ClN3O4S. The molecule has 1 aromatic heterocycles. The van der Waals surface area contributed by atoms with E-state index in [1.807, 2.05) is 12.3 Å². The Balaban J connectivity index is 2.34. The molecule has 1 heterocycles. The van der Waals surface area contributed by atoms with Gasteiger partial charge < -0.3 is 19.5 Å². The van der Waals surface area contributed by atoms with Crippen LogP contribution in [0.5, 0.6) is 11.6 Å². The minimum absolute atomic E-state index is 0.141. The minimum Gasteiger partial charge on any atom is -0.495 e. The number of hydrogen-bond donors (Lipinski definition) is 1. The predicted molar refractivity (Wildman–Crippen MR) is 97.0 cm³/mol. The van der Waals surface area contributed by atoms with Gasteiger partial charge >= 0.3 is 5.97 Å². The molecular weight excluding hydrogens is 366 g/mol. The maximum atomic E-state index is 12.1. The molecule has 1 aromatic carbocycles. The van der Waals surface area contributed by atoms with E-state index in [1.165, 1.54) is 26.0 Å². The Hall–Kier alpha value is -2.19. The van der Waals surface area contributed by atoms with Gasteiger partial charge in [0.05, 0.1) is 26.4 Å². The Morgan fingerprint density at radius 2 is 2.00 bits per heavy atom. The second-order valence-electron chi connectivity index (χ2n) is 4.76. The quantitative estimate of drug-likeness (QED) is 0.443. The number of halogens is 1. The Morgan fingerprint density at radius 3 is 2.56 bits per heavy atom. The molecule has 0 spiro atoms. The van der Waals surface area contributed by atoms with Gasteiger partial charge in [0.25, 0.3) is 0 Å². The van der Waals surface area contributed by atoms with Crippen LogP contribution in [-0.2, 0) is 11.3 Å². The van der Waals surface area contributed by atoms with E-state index in [-0.39, 0.29) is 11.4 Å². The molecule has 0 saturated heterocycles. The first-order chi connectivity index (χ1) is 12.0. The van der Waals surface area contributed by atoms with Gasteiger partial charge in [-0.2, -0.15) is 4.98 Å². The largest absolute Gasteiger partial charge is 0.495 e. The highest BCUT2D eigenvalue weighted by atomic mass is 35.5. The Morgan fingerprint density at radius 1 is 1.24 bits per heavy atom. The number of anilines is 1. The van der Waals surface area contributed by atoms with E-state index in [9.17, 15) is 4.79 Å². The molecule has 2 aromatic rings. The van der Waals surface area contributed by atoms with E-state index in [1.54, 1.807) is 19.2 Å². The summed E-state index contributed by atoms with van der Waals surface area (Å²) in [7, 11) is 4.28. The lowest BCUT2D eigenvalue weighted by Gasteiger charge is -2.14. The fourth-order valence-corrected chi connectivity index (χ4v) is 2.72. The molecule has 7 nitrogen and oxygen atoms in total.